The number of carbonyl (C=O) groups is 1. The summed E-state index contributed by atoms with van der Waals surface area (Å²) in [6.07, 6.45) is 1.55. The average Bonchev–Trinajstić information content (AvgIpc) is 2.29. The number of morpholine rings is 1. The van der Waals surface area contributed by atoms with Crippen molar-refractivity contribution >= 4 is 5.91 Å². The van der Waals surface area contributed by atoms with Crippen LogP contribution >= 0.6 is 0 Å². The van der Waals surface area contributed by atoms with Crippen LogP contribution in [0, 0.1) is 0 Å². The van der Waals surface area contributed by atoms with Gasteiger partial charge in [-0.2, -0.15) is 0 Å². The van der Waals surface area contributed by atoms with E-state index in [2.05, 4.69) is 10.2 Å². The number of carbonyl (C=O) groups excluding carboxylic acids is 1. The van der Waals surface area contributed by atoms with Gasteiger partial charge in [-0.15, -0.1) is 0 Å². The molecule has 5 nitrogen and oxygen atoms in total. The number of amides is 1. The van der Waals surface area contributed by atoms with Crippen LogP contribution in [0.4, 0.5) is 0 Å². The molecule has 0 saturated carbocycles. The van der Waals surface area contributed by atoms with E-state index >= 15 is 0 Å². The molecule has 1 atom stereocenters. The van der Waals surface area contributed by atoms with Crippen LogP contribution in [0.15, 0.2) is 0 Å². The molecule has 1 amide bonds. The molecule has 1 saturated heterocycles. The Hall–Kier alpha value is -0.650. The Bertz CT molecular complexity index is 228. The van der Waals surface area contributed by atoms with Crippen molar-refractivity contribution < 1.29 is 9.53 Å². The van der Waals surface area contributed by atoms with E-state index in [1.807, 2.05) is 26.0 Å². The lowest BCUT2D eigenvalue weighted by Crippen LogP contribution is -2.42. The molecule has 0 spiro atoms. The fourth-order valence-electron chi connectivity index (χ4n) is 1.85. The Kier molecular flexibility index (Phi) is 6.47. The summed E-state index contributed by atoms with van der Waals surface area (Å²) >= 11 is 0. The van der Waals surface area contributed by atoms with Crippen LogP contribution in [-0.4, -0.2) is 75.7 Å². The molecule has 0 aromatic heterocycles. The molecule has 1 heterocycles. The van der Waals surface area contributed by atoms with E-state index in [4.69, 9.17) is 4.74 Å². The quantitative estimate of drug-likeness (QED) is 0.700. The van der Waals surface area contributed by atoms with Crippen molar-refractivity contribution in [3.63, 3.8) is 0 Å². The highest BCUT2D eigenvalue weighted by atomic mass is 16.5. The minimum atomic E-state index is 0.0487. The highest BCUT2D eigenvalue weighted by Gasteiger charge is 2.19. The number of nitrogens with zero attached hydrogens (tertiary/aromatic N) is 2. The van der Waals surface area contributed by atoms with Gasteiger partial charge in [0.15, 0.2) is 0 Å². The second kappa shape index (κ2) is 7.63. The third-order valence-electron chi connectivity index (χ3n) is 2.93. The SMILES string of the molecule is CN(C)CCCN(C)C(=O)CC1CNCCO1. The van der Waals surface area contributed by atoms with Gasteiger partial charge in [-0.1, -0.05) is 0 Å². The summed E-state index contributed by atoms with van der Waals surface area (Å²) in [5, 5.41) is 3.23. The maximum absolute atomic E-state index is 11.9. The number of ether oxygens (including phenoxy) is 1. The van der Waals surface area contributed by atoms with E-state index < -0.39 is 0 Å². The summed E-state index contributed by atoms with van der Waals surface area (Å²) in [7, 11) is 5.96. The molecule has 1 N–H and O–H groups in total. The minimum absolute atomic E-state index is 0.0487. The average molecular weight is 243 g/mol. The van der Waals surface area contributed by atoms with Gasteiger partial charge in [-0.05, 0) is 27.1 Å². The maximum Gasteiger partial charge on any atom is 0.224 e. The first-order chi connectivity index (χ1) is 8.09. The van der Waals surface area contributed by atoms with Crippen molar-refractivity contribution in [3.05, 3.63) is 0 Å². The molecular formula is C12H25N3O2. The van der Waals surface area contributed by atoms with Crippen LogP contribution in [0.3, 0.4) is 0 Å². The monoisotopic (exact) mass is 243 g/mol. The summed E-state index contributed by atoms with van der Waals surface area (Å²) in [5.74, 6) is 0.178. The summed E-state index contributed by atoms with van der Waals surface area (Å²) < 4.78 is 5.52. The molecule has 1 rings (SSSR count). The molecule has 100 valence electrons. The molecule has 1 unspecified atom stereocenters. The fraction of sp³-hybridized carbons (Fsp3) is 0.917. The molecule has 0 aromatic carbocycles. The van der Waals surface area contributed by atoms with E-state index in [1.165, 1.54) is 0 Å². The molecule has 17 heavy (non-hydrogen) atoms. The second-order valence-corrected chi connectivity index (χ2v) is 4.87. The summed E-state index contributed by atoms with van der Waals surface area (Å²) in [4.78, 5) is 15.8. The van der Waals surface area contributed by atoms with Crippen molar-refractivity contribution in [1.82, 2.24) is 15.1 Å². The maximum atomic E-state index is 11.9. The Morgan fingerprint density at radius 3 is 2.71 bits per heavy atom. The first-order valence-corrected chi connectivity index (χ1v) is 6.30. The van der Waals surface area contributed by atoms with E-state index in [9.17, 15) is 4.79 Å². The van der Waals surface area contributed by atoms with Crippen molar-refractivity contribution in [2.24, 2.45) is 0 Å². The topological polar surface area (TPSA) is 44.8 Å². The Morgan fingerprint density at radius 2 is 2.12 bits per heavy atom. The van der Waals surface area contributed by atoms with Gasteiger partial charge in [-0.25, -0.2) is 0 Å². The van der Waals surface area contributed by atoms with Crippen LogP contribution in [-0.2, 0) is 9.53 Å². The van der Waals surface area contributed by atoms with Crippen LogP contribution in [0.5, 0.6) is 0 Å². The van der Waals surface area contributed by atoms with Gasteiger partial charge in [-0.3, -0.25) is 4.79 Å². The lowest BCUT2D eigenvalue weighted by molar-refractivity contribution is -0.133. The van der Waals surface area contributed by atoms with Crippen molar-refractivity contribution in [2.45, 2.75) is 18.9 Å². The molecule has 1 aliphatic heterocycles. The highest BCUT2D eigenvalue weighted by Crippen LogP contribution is 2.04. The van der Waals surface area contributed by atoms with Gasteiger partial charge in [0.05, 0.1) is 19.1 Å². The number of nitrogens with one attached hydrogen (secondary N) is 1. The van der Waals surface area contributed by atoms with Gasteiger partial charge >= 0.3 is 0 Å². The van der Waals surface area contributed by atoms with E-state index in [-0.39, 0.29) is 12.0 Å². The Balaban J connectivity index is 2.16. The summed E-state index contributed by atoms with van der Waals surface area (Å²) in [5.41, 5.74) is 0. The molecule has 5 heteroatoms. The fourth-order valence-corrected chi connectivity index (χ4v) is 1.85. The smallest absolute Gasteiger partial charge is 0.224 e. The lowest BCUT2D eigenvalue weighted by Gasteiger charge is -2.25. The molecule has 0 radical (unpaired) electrons. The minimum Gasteiger partial charge on any atom is -0.375 e. The first-order valence-electron chi connectivity index (χ1n) is 6.30. The summed E-state index contributed by atoms with van der Waals surface area (Å²) in [6.45, 7) is 4.22. The van der Waals surface area contributed by atoms with Crippen molar-refractivity contribution in [1.29, 1.82) is 0 Å². The number of rotatable bonds is 6. The zero-order valence-electron chi connectivity index (χ0n) is 11.2. The normalized spacial score (nSPS) is 20.6. The largest absolute Gasteiger partial charge is 0.375 e. The third kappa shape index (κ3) is 6.00. The zero-order chi connectivity index (χ0) is 12.7. The molecule has 0 bridgehead atoms. The summed E-state index contributed by atoms with van der Waals surface area (Å²) in [6, 6.07) is 0. The molecule has 0 aromatic rings. The Morgan fingerprint density at radius 1 is 1.35 bits per heavy atom. The number of hydrogen-bond donors (Lipinski definition) is 1. The van der Waals surface area contributed by atoms with Gasteiger partial charge < -0.3 is 19.9 Å². The van der Waals surface area contributed by atoms with Crippen LogP contribution in [0.25, 0.3) is 0 Å². The number of hydrogen-bond acceptors (Lipinski definition) is 4. The first kappa shape index (κ1) is 14.4. The lowest BCUT2D eigenvalue weighted by atomic mass is 10.2. The molecule has 0 aliphatic carbocycles. The second-order valence-electron chi connectivity index (χ2n) is 4.87. The standard InChI is InChI=1S/C12H25N3O2/c1-14(2)6-4-7-15(3)12(16)9-11-10-13-5-8-17-11/h11,13H,4-10H2,1-3H3. The predicted molar refractivity (Wildman–Crippen MR) is 68.0 cm³/mol. The van der Waals surface area contributed by atoms with Crippen LogP contribution in [0.2, 0.25) is 0 Å². The van der Waals surface area contributed by atoms with E-state index in [0.717, 1.165) is 32.6 Å². The highest BCUT2D eigenvalue weighted by molar-refractivity contribution is 5.76. The molecule has 1 fully saturated rings. The van der Waals surface area contributed by atoms with Crippen molar-refractivity contribution in [3.8, 4) is 0 Å². The molecule has 1 aliphatic rings. The predicted octanol–water partition coefficient (Wildman–Crippen LogP) is -0.225. The third-order valence-corrected chi connectivity index (χ3v) is 2.93. The van der Waals surface area contributed by atoms with Crippen molar-refractivity contribution in [2.75, 3.05) is 53.9 Å². The van der Waals surface area contributed by atoms with Crippen LogP contribution in [0.1, 0.15) is 12.8 Å². The van der Waals surface area contributed by atoms with Gasteiger partial charge in [0.25, 0.3) is 0 Å². The van der Waals surface area contributed by atoms with E-state index in [1.54, 1.807) is 0 Å². The Labute approximate surface area is 104 Å². The van der Waals surface area contributed by atoms with E-state index in [0.29, 0.717) is 13.0 Å². The van der Waals surface area contributed by atoms with Gasteiger partial charge in [0, 0.05) is 26.7 Å². The van der Waals surface area contributed by atoms with Gasteiger partial charge in [0.2, 0.25) is 5.91 Å². The van der Waals surface area contributed by atoms with Crippen LogP contribution < -0.4 is 5.32 Å². The molecular weight excluding hydrogens is 218 g/mol. The van der Waals surface area contributed by atoms with Gasteiger partial charge in [0.1, 0.15) is 0 Å². The zero-order valence-corrected chi connectivity index (χ0v) is 11.2.